The number of carboxylic acid groups (broad SMARTS) is 1. The number of halogens is 1. The lowest BCUT2D eigenvalue weighted by molar-refractivity contribution is -0.139. The zero-order valence-corrected chi connectivity index (χ0v) is 15.3. The quantitative estimate of drug-likeness (QED) is 0.807. The Labute approximate surface area is 151 Å². The lowest BCUT2D eigenvalue weighted by Gasteiger charge is -2.22. The summed E-state index contributed by atoms with van der Waals surface area (Å²) in [6.07, 6.45) is -0.787. The second kappa shape index (κ2) is 7.27. The van der Waals surface area contributed by atoms with Crippen molar-refractivity contribution in [3.05, 3.63) is 40.5 Å². The Morgan fingerprint density at radius 2 is 2.00 bits per heavy atom. The van der Waals surface area contributed by atoms with Gasteiger partial charge >= 0.3 is 12.1 Å². The van der Waals surface area contributed by atoms with Crippen molar-refractivity contribution in [2.45, 2.75) is 45.8 Å². The number of aromatic nitrogens is 1. The third-order valence-corrected chi connectivity index (χ3v) is 3.74. The van der Waals surface area contributed by atoms with Gasteiger partial charge in [-0.25, -0.2) is 14.6 Å². The highest BCUT2D eigenvalue weighted by atomic mass is 35.5. The predicted molar refractivity (Wildman–Crippen MR) is 96.0 cm³/mol. The van der Waals surface area contributed by atoms with Crippen LogP contribution in [0.15, 0.2) is 24.3 Å². The Kier molecular flexibility index (Phi) is 5.52. The fraction of sp³-hybridized carbons (Fsp3) is 0.389. The smallest absolute Gasteiger partial charge is 0.408 e. The molecule has 25 heavy (non-hydrogen) atoms. The molecule has 6 nitrogen and oxygen atoms in total. The molecule has 0 aliphatic rings. The Hall–Kier alpha value is -2.34. The molecule has 0 radical (unpaired) electrons. The lowest BCUT2D eigenvalue weighted by Crippen LogP contribution is -2.44. The molecule has 7 heteroatoms. The molecule has 2 rings (SSSR count). The van der Waals surface area contributed by atoms with Gasteiger partial charge in [0.15, 0.2) is 0 Å². The summed E-state index contributed by atoms with van der Waals surface area (Å²) in [7, 11) is 0. The maximum absolute atomic E-state index is 11.9. The summed E-state index contributed by atoms with van der Waals surface area (Å²) in [6.45, 7) is 7.07. The number of amides is 1. The van der Waals surface area contributed by atoms with Gasteiger partial charge in [0.1, 0.15) is 16.8 Å². The van der Waals surface area contributed by atoms with Crippen LogP contribution in [0.1, 0.15) is 31.9 Å². The highest BCUT2D eigenvalue weighted by molar-refractivity contribution is 6.30. The molecule has 0 fully saturated rings. The van der Waals surface area contributed by atoms with Gasteiger partial charge in [-0.3, -0.25) is 0 Å². The van der Waals surface area contributed by atoms with E-state index in [1.807, 2.05) is 25.1 Å². The number of nitrogens with zero attached hydrogens (tertiary/aromatic N) is 1. The minimum Gasteiger partial charge on any atom is -0.480 e. The number of pyridine rings is 1. The average molecular weight is 365 g/mol. The Bertz CT molecular complexity index is 815. The zero-order chi connectivity index (χ0) is 18.8. The first-order valence-corrected chi connectivity index (χ1v) is 8.21. The number of carboxylic acids is 1. The summed E-state index contributed by atoms with van der Waals surface area (Å²) < 4.78 is 5.11. The fourth-order valence-corrected chi connectivity index (χ4v) is 2.55. The molecule has 0 aliphatic heterocycles. The van der Waals surface area contributed by atoms with E-state index < -0.39 is 23.7 Å². The minimum absolute atomic E-state index is 0.00426. The molecule has 0 spiro atoms. The molecular formula is C18H21ClN2O4. The number of nitrogens with one attached hydrogen (secondary N) is 1. The number of hydrogen-bond donors (Lipinski definition) is 2. The summed E-state index contributed by atoms with van der Waals surface area (Å²) in [5.74, 6) is -1.17. The van der Waals surface area contributed by atoms with Crippen molar-refractivity contribution in [1.82, 2.24) is 10.3 Å². The summed E-state index contributed by atoms with van der Waals surface area (Å²) in [4.78, 5) is 27.7. The van der Waals surface area contributed by atoms with E-state index in [0.717, 1.165) is 16.5 Å². The van der Waals surface area contributed by atoms with Crippen LogP contribution in [0.2, 0.25) is 5.15 Å². The Morgan fingerprint density at radius 3 is 2.60 bits per heavy atom. The molecule has 2 N–H and O–H groups in total. The van der Waals surface area contributed by atoms with Crippen LogP contribution in [0.25, 0.3) is 10.9 Å². The van der Waals surface area contributed by atoms with Crippen LogP contribution in [0.4, 0.5) is 4.79 Å². The topological polar surface area (TPSA) is 88.5 Å². The largest absolute Gasteiger partial charge is 0.480 e. The van der Waals surface area contributed by atoms with Crippen molar-refractivity contribution in [2.75, 3.05) is 0 Å². The van der Waals surface area contributed by atoms with E-state index in [1.54, 1.807) is 26.8 Å². The fourth-order valence-electron chi connectivity index (χ4n) is 2.33. The third kappa shape index (κ3) is 5.32. The molecule has 134 valence electrons. The van der Waals surface area contributed by atoms with Gasteiger partial charge in [0.05, 0.1) is 5.52 Å². The predicted octanol–water partition coefficient (Wildman–Crippen LogP) is 3.72. The Morgan fingerprint density at radius 1 is 1.32 bits per heavy atom. The van der Waals surface area contributed by atoms with Crippen LogP contribution in [-0.2, 0) is 16.0 Å². The highest BCUT2D eigenvalue weighted by Gasteiger charge is 2.25. The third-order valence-electron chi connectivity index (χ3n) is 3.41. The number of benzene rings is 1. The van der Waals surface area contributed by atoms with Gasteiger partial charge in [-0.15, -0.1) is 0 Å². The van der Waals surface area contributed by atoms with E-state index in [-0.39, 0.29) is 11.6 Å². The maximum atomic E-state index is 11.9. The number of carbonyl (C=O) groups is 2. The molecule has 0 bridgehead atoms. The maximum Gasteiger partial charge on any atom is 0.408 e. The summed E-state index contributed by atoms with van der Waals surface area (Å²) in [6, 6.07) is 6.35. The van der Waals surface area contributed by atoms with Gasteiger partial charge in [0.2, 0.25) is 0 Å². The molecular weight excluding hydrogens is 344 g/mol. The van der Waals surface area contributed by atoms with E-state index >= 15 is 0 Å². The normalized spacial score (nSPS) is 12.7. The van der Waals surface area contributed by atoms with Gasteiger partial charge in [0, 0.05) is 11.8 Å². The van der Waals surface area contributed by atoms with Crippen LogP contribution >= 0.6 is 11.6 Å². The summed E-state index contributed by atoms with van der Waals surface area (Å²) in [5, 5.41) is 12.8. The molecule has 0 saturated heterocycles. The van der Waals surface area contributed by atoms with Crippen molar-refractivity contribution in [1.29, 1.82) is 0 Å². The number of rotatable bonds is 4. The number of ether oxygens (including phenoxy) is 1. The number of aliphatic carboxylic acids is 1. The minimum atomic E-state index is -1.17. The first-order valence-electron chi connectivity index (χ1n) is 7.83. The van der Waals surface area contributed by atoms with Crippen LogP contribution < -0.4 is 5.32 Å². The van der Waals surface area contributed by atoms with Crippen LogP contribution in [0, 0.1) is 6.92 Å². The van der Waals surface area contributed by atoms with Gasteiger partial charge in [0.25, 0.3) is 0 Å². The molecule has 1 amide bonds. The van der Waals surface area contributed by atoms with E-state index in [1.165, 1.54) is 0 Å². The summed E-state index contributed by atoms with van der Waals surface area (Å²) >= 11 is 6.19. The second-order valence-electron chi connectivity index (χ2n) is 6.88. The Balaban J connectivity index is 2.24. The van der Waals surface area contributed by atoms with Crippen molar-refractivity contribution < 1.29 is 19.4 Å². The van der Waals surface area contributed by atoms with E-state index in [0.29, 0.717) is 5.56 Å². The van der Waals surface area contributed by atoms with Crippen molar-refractivity contribution in [3.8, 4) is 0 Å². The van der Waals surface area contributed by atoms with E-state index in [4.69, 9.17) is 16.3 Å². The van der Waals surface area contributed by atoms with Gasteiger partial charge in [-0.1, -0.05) is 23.2 Å². The first kappa shape index (κ1) is 19.0. The lowest BCUT2D eigenvalue weighted by atomic mass is 10.0. The number of carbonyl (C=O) groups excluding carboxylic acids is 1. The van der Waals surface area contributed by atoms with E-state index in [2.05, 4.69) is 10.3 Å². The monoisotopic (exact) mass is 364 g/mol. The molecule has 1 unspecified atom stereocenters. The van der Waals surface area contributed by atoms with Crippen LogP contribution in [0.3, 0.4) is 0 Å². The molecule has 1 heterocycles. The molecule has 0 saturated carbocycles. The van der Waals surface area contributed by atoms with Crippen molar-refractivity contribution >= 4 is 34.6 Å². The number of aryl methyl sites for hydroxylation is 1. The molecule has 1 atom stereocenters. The van der Waals surface area contributed by atoms with Crippen molar-refractivity contribution in [3.63, 3.8) is 0 Å². The number of alkyl carbamates (subject to hydrolysis) is 1. The zero-order valence-electron chi connectivity index (χ0n) is 14.6. The summed E-state index contributed by atoms with van der Waals surface area (Å²) in [5.41, 5.74) is 1.62. The second-order valence-corrected chi connectivity index (χ2v) is 7.23. The van der Waals surface area contributed by atoms with Crippen LogP contribution in [-0.4, -0.2) is 33.8 Å². The number of fused-ring (bicyclic) bond motifs is 1. The average Bonchev–Trinajstić information content (AvgIpc) is 2.45. The standard InChI is InChI=1S/C18H21ClN2O4/c1-10-5-6-13-11(7-10)8-12(15(19)20-13)9-14(16(22)23)21-17(24)25-18(2,3)4/h5-8,14H,9H2,1-4H3,(H,21,24)(H,22,23). The SMILES string of the molecule is Cc1ccc2nc(Cl)c(CC(NC(=O)OC(C)(C)C)C(=O)O)cc2c1. The molecule has 2 aromatic rings. The van der Waals surface area contributed by atoms with Gasteiger partial charge in [-0.05, 0) is 51.5 Å². The first-order chi connectivity index (χ1) is 11.5. The van der Waals surface area contributed by atoms with E-state index in [9.17, 15) is 14.7 Å². The van der Waals surface area contributed by atoms with Gasteiger partial charge in [-0.2, -0.15) is 0 Å². The van der Waals surface area contributed by atoms with Crippen molar-refractivity contribution in [2.24, 2.45) is 0 Å². The van der Waals surface area contributed by atoms with Gasteiger partial charge < -0.3 is 15.2 Å². The molecule has 0 aliphatic carbocycles. The highest BCUT2D eigenvalue weighted by Crippen LogP contribution is 2.23. The number of hydrogen-bond acceptors (Lipinski definition) is 4. The van der Waals surface area contributed by atoms with Crippen LogP contribution in [0.5, 0.6) is 0 Å². The molecule has 1 aromatic heterocycles. The molecule has 1 aromatic carbocycles.